The topological polar surface area (TPSA) is 93.6 Å². The molecule has 0 aliphatic carbocycles. The van der Waals surface area contributed by atoms with Crippen LogP contribution >= 0.6 is 11.8 Å². The zero-order valence-electron chi connectivity index (χ0n) is 11.3. The number of nitrogens with zero attached hydrogens (tertiary/aromatic N) is 4. The fraction of sp³-hybridized carbons (Fsp3) is 0.0714. The Bertz CT molecular complexity index is 722. The molecule has 2 aromatic heterocycles. The lowest BCUT2D eigenvalue weighted by Crippen LogP contribution is -2.24. The Morgan fingerprint density at radius 3 is 2.73 bits per heavy atom. The molecular weight excluding hydrogens is 302 g/mol. The largest absolute Gasteiger partial charge is 0.469 e. The molecule has 1 N–H and O–H groups in total. The van der Waals surface area contributed by atoms with E-state index in [1.165, 1.54) is 0 Å². The molecule has 0 fully saturated rings. The van der Waals surface area contributed by atoms with E-state index in [0.29, 0.717) is 16.5 Å². The molecule has 110 valence electrons. The second-order valence-electron chi connectivity index (χ2n) is 4.18. The highest BCUT2D eigenvalue weighted by molar-refractivity contribution is 8.00. The third-order valence-corrected chi connectivity index (χ3v) is 3.60. The predicted octanol–water partition coefficient (Wildman–Crippen LogP) is 1.97. The van der Waals surface area contributed by atoms with Gasteiger partial charge in [-0.05, 0) is 29.1 Å². The third-order valence-electron chi connectivity index (χ3n) is 2.69. The summed E-state index contributed by atoms with van der Waals surface area (Å²) in [6.45, 7) is 0. The van der Waals surface area contributed by atoms with Gasteiger partial charge in [-0.25, -0.2) is 0 Å². The van der Waals surface area contributed by atoms with Gasteiger partial charge in [-0.15, -0.1) is 10.2 Å². The van der Waals surface area contributed by atoms with Crippen LogP contribution in [-0.4, -0.2) is 36.8 Å². The molecule has 0 saturated carbocycles. The van der Waals surface area contributed by atoms with E-state index >= 15 is 0 Å². The number of hydrogen-bond donors (Lipinski definition) is 1. The number of carbonyl (C=O) groups is 1. The Hall–Kier alpha value is -2.74. The Morgan fingerprint density at radius 2 is 2.05 bits per heavy atom. The van der Waals surface area contributed by atoms with Crippen LogP contribution < -0.4 is 4.74 Å². The number of tetrazole rings is 1. The SMILES string of the molecule is O=C(c1ccccc1)C(Oc1cccnc1)Sc1nn[nH]n1. The molecule has 0 bridgehead atoms. The van der Waals surface area contributed by atoms with Crippen molar-refractivity contribution < 1.29 is 9.53 Å². The van der Waals surface area contributed by atoms with Crippen molar-refractivity contribution in [3.63, 3.8) is 0 Å². The molecule has 3 rings (SSSR count). The van der Waals surface area contributed by atoms with Crippen molar-refractivity contribution >= 4 is 17.5 Å². The van der Waals surface area contributed by atoms with E-state index in [1.54, 1.807) is 48.8 Å². The normalized spacial score (nSPS) is 11.8. The molecule has 0 saturated heterocycles. The second kappa shape index (κ2) is 6.81. The van der Waals surface area contributed by atoms with Crippen LogP contribution in [0.4, 0.5) is 0 Å². The van der Waals surface area contributed by atoms with Crippen LogP contribution in [0.5, 0.6) is 5.75 Å². The molecule has 8 heteroatoms. The van der Waals surface area contributed by atoms with Crippen LogP contribution in [0, 0.1) is 0 Å². The predicted molar refractivity (Wildman–Crippen MR) is 79.5 cm³/mol. The van der Waals surface area contributed by atoms with Gasteiger partial charge in [-0.1, -0.05) is 30.3 Å². The van der Waals surface area contributed by atoms with Crippen molar-refractivity contribution in [3.05, 3.63) is 60.4 Å². The summed E-state index contributed by atoms with van der Waals surface area (Å²) in [7, 11) is 0. The Morgan fingerprint density at radius 1 is 1.18 bits per heavy atom. The fourth-order valence-corrected chi connectivity index (χ4v) is 2.48. The highest BCUT2D eigenvalue weighted by Gasteiger charge is 2.25. The van der Waals surface area contributed by atoms with Crippen LogP contribution in [0.2, 0.25) is 0 Å². The van der Waals surface area contributed by atoms with E-state index in [-0.39, 0.29) is 5.78 Å². The summed E-state index contributed by atoms with van der Waals surface area (Å²) in [5.41, 5.74) is -0.281. The third kappa shape index (κ3) is 3.47. The lowest BCUT2D eigenvalue weighted by Gasteiger charge is -2.15. The maximum absolute atomic E-state index is 12.6. The van der Waals surface area contributed by atoms with Crippen molar-refractivity contribution in [1.29, 1.82) is 0 Å². The monoisotopic (exact) mass is 313 g/mol. The van der Waals surface area contributed by atoms with Gasteiger partial charge in [0, 0.05) is 11.8 Å². The van der Waals surface area contributed by atoms with Gasteiger partial charge in [0.15, 0.2) is 0 Å². The molecular formula is C14H11N5O2S. The van der Waals surface area contributed by atoms with Gasteiger partial charge in [0.05, 0.1) is 6.20 Å². The van der Waals surface area contributed by atoms with E-state index in [0.717, 1.165) is 11.8 Å². The van der Waals surface area contributed by atoms with Crippen molar-refractivity contribution in [1.82, 2.24) is 25.6 Å². The Kier molecular flexibility index (Phi) is 4.40. The number of ketones is 1. The quantitative estimate of drug-likeness (QED) is 0.422. The van der Waals surface area contributed by atoms with Gasteiger partial charge in [-0.2, -0.15) is 5.21 Å². The second-order valence-corrected chi connectivity index (χ2v) is 5.21. The van der Waals surface area contributed by atoms with Crippen molar-refractivity contribution in [2.75, 3.05) is 0 Å². The van der Waals surface area contributed by atoms with Gasteiger partial charge < -0.3 is 4.74 Å². The average Bonchev–Trinajstić information content (AvgIpc) is 3.08. The van der Waals surface area contributed by atoms with E-state index in [4.69, 9.17) is 4.74 Å². The summed E-state index contributed by atoms with van der Waals surface area (Å²) in [6.07, 6.45) is 3.18. The Labute approximate surface area is 130 Å². The highest BCUT2D eigenvalue weighted by atomic mass is 32.2. The molecule has 0 radical (unpaired) electrons. The van der Waals surface area contributed by atoms with Gasteiger partial charge in [-0.3, -0.25) is 9.78 Å². The van der Waals surface area contributed by atoms with Gasteiger partial charge >= 0.3 is 0 Å². The fourth-order valence-electron chi connectivity index (χ4n) is 1.71. The highest BCUT2D eigenvalue weighted by Crippen LogP contribution is 2.25. The maximum atomic E-state index is 12.6. The molecule has 0 aliphatic heterocycles. The number of carbonyl (C=O) groups excluding carboxylic acids is 1. The standard InChI is InChI=1S/C14H11N5O2S/c20-12(10-5-2-1-3-6-10)13(22-14-16-18-19-17-14)21-11-7-4-8-15-9-11/h1-9,13H,(H,16,17,18,19). The van der Waals surface area contributed by atoms with E-state index in [1.807, 2.05) is 6.07 Å². The molecule has 7 nitrogen and oxygen atoms in total. The van der Waals surface area contributed by atoms with E-state index < -0.39 is 5.44 Å². The molecule has 0 amide bonds. The molecule has 2 heterocycles. The number of pyridine rings is 1. The summed E-state index contributed by atoms with van der Waals surface area (Å²) in [6, 6.07) is 12.4. The van der Waals surface area contributed by atoms with E-state index in [2.05, 4.69) is 25.6 Å². The molecule has 0 aliphatic rings. The molecule has 3 aromatic rings. The zero-order valence-corrected chi connectivity index (χ0v) is 12.1. The van der Waals surface area contributed by atoms with Crippen molar-refractivity contribution in [3.8, 4) is 5.75 Å². The molecule has 22 heavy (non-hydrogen) atoms. The van der Waals surface area contributed by atoms with Crippen LogP contribution in [0.3, 0.4) is 0 Å². The van der Waals surface area contributed by atoms with Crippen LogP contribution in [-0.2, 0) is 0 Å². The smallest absolute Gasteiger partial charge is 0.234 e. The number of ether oxygens (including phenoxy) is 1. The molecule has 0 spiro atoms. The number of Topliss-reactive ketones (excluding diaryl/α,β-unsaturated/α-hetero) is 1. The van der Waals surface area contributed by atoms with Crippen LogP contribution in [0.25, 0.3) is 0 Å². The van der Waals surface area contributed by atoms with E-state index in [9.17, 15) is 4.79 Å². The number of thioether (sulfide) groups is 1. The Balaban J connectivity index is 1.84. The first-order valence-corrected chi connectivity index (χ1v) is 7.27. The summed E-state index contributed by atoms with van der Waals surface area (Å²) in [5.74, 6) is 0.312. The first-order chi connectivity index (χ1) is 10.8. The molecule has 1 atom stereocenters. The number of nitrogens with one attached hydrogen (secondary N) is 1. The first kappa shape index (κ1) is 14.2. The summed E-state index contributed by atoms with van der Waals surface area (Å²) < 4.78 is 5.73. The number of rotatable bonds is 6. The summed E-state index contributed by atoms with van der Waals surface area (Å²) >= 11 is 1.08. The minimum Gasteiger partial charge on any atom is -0.469 e. The first-order valence-electron chi connectivity index (χ1n) is 6.39. The van der Waals surface area contributed by atoms with Gasteiger partial charge in [0.2, 0.25) is 16.4 Å². The average molecular weight is 313 g/mol. The number of H-pyrrole nitrogens is 1. The molecule has 1 aromatic carbocycles. The lowest BCUT2D eigenvalue weighted by molar-refractivity contribution is 0.0891. The summed E-state index contributed by atoms with van der Waals surface area (Å²) in [4.78, 5) is 16.6. The van der Waals surface area contributed by atoms with Crippen LogP contribution in [0.1, 0.15) is 10.4 Å². The summed E-state index contributed by atoms with van der Waals surface area (Å²) in [5, 5.41) is 13.8. The van der Waals surface area contributed by atoms with Crippen molar-refractivity contribution in [2.45, 2.75) is 10.6 Å². The molecule has 1 unspecified atom stereocenters. The zero-order chi connectivity index (χ0) is 15.2. The minimum atomic E-state index is -0.829. The van der Waals surface area contributed by atoms with Crippen molar-refractivity contribution in [2.24, 2.45) is 0 Å². The van der Waals surface area contributed by atoms with Crippen LogP contribution in [0.15, 0.2) is 60.0 Å². The maximum Gasteiger partial charge on any atom is 0.234 e. The number of aromatic nitrogens is 5. The van der Waals surface area contributed by atoms with Gasteiger partial charge in [0.25, 0.3) is 0 Å². The number of aromatic amines is 1. The number of benzene rings is 1. The minimum absolute atomic E-state index is 0.181. The number of hydrogen-bond acceptors (Lipinski definition) is 7. The lowest BCUT2D eigenvalue weighted by atomic mass is 10.1. The van der Waals surface area contributed by atoms with Gasteiger partial charge in [0.1, 0.15) is 5.75 Å².